The van der Waals surface area contributed by atoms with Gasteiger partial charge in [0.1, 0.15) is 12.4 Å². The number of nitrogens with one attached hydrogen (secondary N) is 1. The highest BCUT2D eigenvalue weighted by Gasteiger charge is 2.02. The van der Waals surface area contributed by atoms with Crippen LogP contribution in [0.2, 0.25) is 0 Å². The number of pyridine rings is 1. The van der Waals surface area contributed by atoms with E-state index in [1.807, 2.05) is 61.5 Å². The molecule has 6 heteroatoms. The molecular formula is C22H20N2O3S. The maximum atomic E-state index is 11.9. The predicted molar refractivity (Wildman–Crippen MR) is 112 cm³/mol. The third kappa shape index (κ3) is 5.95. The van der Waals surface area contributed by atoms with Crippen LogP contribution in [0.15, 0.2) is 66.2 Å². The molecule has 2 aromatic carbocycles. The highest BCUT2D eigenvalue weighted by Crippen LogP contribution is 2.18. The summed E-state index contributed by atoms with van der Waals surface area (Å²) in [6.07, 6.45) is 3.28. The first-order valence-corrected chi connectivity index (χ1v) is 10.2. The zero-order valence-electron chi connectivity index (χ0n) is 15.4. The van der Waals surface area contributed by atoms with Crippen molar-refractivity contribution in [3.8, 4) is 17.6 Å². The number of aryl methyl sites for hydroxylation is 1. The fourth-order valence-electron chi connectivity index (χ4n) is 2.40. The fourth-order valence-corrected chi connectivity index (χ4v) is 3.11. The van der Waals surface area contributed by atoms with Crippen molar-refractivity contribution in [1.82, 2.24) is 9.71 Å². The van der Waals surface area contributed by atoms with Crippen molar-refractivity contribution in [3.05, 3.63) is 77.3 Å². The molecule has 3 rings (SSSR count). The number of hydrogen-bond donors (Lipinski definition) is 1. The quantitative estimate of drug-likeness (QED) is 0.652. The second-order valence-electron chi connectivity index (χ2n) is 6.08. The van der Waals surface area contributed by atoms with Gasteiger partial charge < -0.3 is 4.74 Å². The third-order valence-electron chi connectivity index (χ3n) is 3.89. The van der Waals surface area contributed by atoms with E-state index in [4.69, 9.17) is 4.74 Å². The largest absolute Gasteiger partial charge is 0.481 e. The minimum atomic E-state index is -3.54. The second kappa shape index (κ2) is 9.18. The van der Waals surface area contributed by atoms with Crippen molar-refractivity contribution in [2.24, 2.45) is 0 Å². The van der Waals surface area contributed by atoms with Gasteiger partial charge in [-0.15, -0.1) is 0 Å². The van der Waals surface area contributed by atoms with Crippen LogP contribution >= 0.6 is 0 Å². The number of hydrogen-bond acceptors (Lipinski definition) is 4. The van der Waals surface area contributed by atoms with E-state index >= 15 is 0 Å². The Kier molecular flexibility index (Phi) is 6.43. The van der Waals surface area contributed by atoms with Crippen LogP contribution in [0.1, 0.15) is 11.1 Å². The average Bonchev–Trinajstić information content (AvgIpc) is 2.70. The van der Waals surface area contributed by atoms with E-state index in [-0.39, 0.29) is 13.2 Å². The van der Waals surface area contributed by atoms with Crippen molar-refractivity contribution < 1.29 is 13.2 Å². The molecule has 0 aliphatic rings. The van der Waals surface area contributed by atoms with E-state index < -0.39 is 10.0 Å². The zero-order chi connectivity index (χ0) is 19.8. The van der Waals surface area contributed by atoms with E-state index in [1.54, 1.807) is 12.3 Å². The number of fused-ring (bicyclic) bond motifs is 1. The Morgan fingerprint density at radius 2 is 1.93 bits per heavy atom. The van der Waals surface area contributed by atoms with E-state index in [0.29, 0.717) is 5.75 Å². The molecule has 0 fully saturated rings. The SMILES string of the molecule is Cc1ccc(/C=C/S(=O)(=O)NCC#CCOc2ccc3cccnc3c2)cc1. The Bertz CT molecular complexity index is 1140. The number of rotatable bonds is 6. The molecule has 3 aromatic rings. The molecule has 0 unspecified atom stereocenters. The standard InChI is InChI=1S/C22H20N2O3S/c1-18-6-8-19(9-7-18)12-16-28(25,26)24-14-2-3-15-27-21-11-10-20-5-4-13-23-22(20)17-21/h4-13,16-17,24H,14-15H2,1H3/b16-12+. The fraction of sp³-hybridized carbons (Fsp3) is 0.136. The second-order valence-corrected chi connectivity index (χ2v) is 7.73. The molecule has 0 radical (unpaired) electrons. The molecule has 5 nitrogen and oxygen atoms in total. The molecule has 1 aromatic heterocycles. The van der Waals surface area contributed by atoms with Gasteiger partial charge in [0.15, 0.2) is 0 Å². The van der Waals surface area contributed by atoms with Gasteiger partial charge in [-0.1, -0.05) is 47.7 Å². The maximum absolute atomic E-state index is 11.9. The lowest BCUT2D eigenvalue weighted by Crippen LogP contribution is -2.21. The summed E-state index contributed by atoms with van der Waals surface area (Å²) in [7, 11) is -3.54. The molecular weight excluding hydrogens is 372 g/mol. The Labute approximate surface area is 165 Å². The normalized spacial score (nSPS) is 11.3. The lowest BCUT2D eigenvalue weighted by atomic mass is 10.2. The highest BCUT2D eigenvalue weighted by atomic mass is 32.2. The lowest BCUT2D eigenvalue weighted by Gasteiger charge is -2.03. The Morgan fingerprint density at radius 1 is 1.11 bits per heavy atom. The van der Waals surface area contributed by atoms with Crippen molar-refractivity contribution in [2.75, 3.05) is 13.2 Å². The topological polar surface area (TPSA) is 68.3 Å². The minimum Gasteiger partial charge on any atom is -0.481 e. The highest BCUT2D eigenvalue weighted by molar-refractivity contribution is 7.92. The maximum Gasteiger partial charge on any atom is 0.234 e. The van der Waals surface area contributed by atoms with Crippen molar-refractivity contribution in [2.45, 2.75) is 6.92 Å². The van der Waals surface area contributed by atoms with Crippen LogP contribution in [0.3, 0.4) is 0 Å². The zero-order valence-corrected chi connectivity index (χ0v) is 16.2. The van der Waals surface area contributed by atoms with Gasteiger partial charge >= 0.3 is 0 Å². The smallest absolute Gasteiger partial charge is 0.234 e. The van der Waals surface area contributed by atoms with Gasteiger partial charge in [0.2, 0.25) is 10.0 Å². The van der Waals surface area contributed by atoms with Gasteiger partial charge in [0.05, 0.1) is 12.1 Å². The summed E-state index contributed by atoms with van der Waals surface area (Å²) in [5, 5.41) is 2.17. The van der Waals surface area contributed by atoms with Crippen LogP contribution < -0.4 is 9.46 Å². The summed E-state index contributed by atoms with van der Waals surface area (Å²) in [6.45, 7) is 2.16. The number of aromatic nitrogens is 1. The van der Waals surface area contributed by atoms with Gasteiger partial charge in [0, 0.05) is 23.1 Å². The summed E-state index contributed by atoms with van der Waals surface area (Å²) in [5.74, 6) is 6.20. The molecule has 142 valence electrons. The molecule has 0 saturated carbocycles. The van der Waals surface area contributed by atoms with Crippen LogP contribution in [0.5, 0.6) is 5.75 Å². The van der Waals surface area contributed by atoms with Crippen molar-refractivity contribution in [3.63, 3.8) is 0 Å². The number of sulfonamides is 1. The van der Waals surface area contributed by atoms with E-state index in [1.165, 1.54) is 0 Å². The third-order valence-corrected chi connectivity index (χ3v) is 4.93. The summed E-state index contributed by atoms with van der Waals surface area (Å²) in [5.41, 5.74) is 2.79. The molecule has 0 aliphatic heterocycles. The first-order chi connectivity index (χ1) is 13.5. The van der Waals surface area contributed by atoms with Gasteiger partial charge in [-0.2, -0.15) is 4.72 Å². The number of ether oxygens (including phenoxy) is 1. The van der Waals surface area contributed by atoms with Crippen LogP contribution in [0.25, 0.3) is 17.0 Å². The van der Waals surface area contributed by atoms with Crippen LogP contribution in [-0.4, -0.2) is 26.6 Å². The Morgan fingerprint density at radius 3 is 2.75 bits per heavy atom. The van der Waals surface area contributed by atoms with Gasteiger partial charge in [-0.3, -0.25) is 4.98 Å². The number of nitrogens with zero attached hydrogens (tertiary/aromatic N) is 1. The molecule has 0 amide bonds. The first kappa shape index (κ1) is 19.6. The Balaban J connectivity index is 1.46. The summed E-state index contributed by atoms with van der Waals surface area (Å²) >= 11 is 0. The van der Waals surface area contributed by atoms with Crippen LogP contribution in [0.4, 0.5) is 0 Å². The molecule has 0 bridgehead atoms. The van der Waals surface area contributed by atoms with Crippen LogP contribution in [0, 0.1) is 18.8 Å². The molecule has 0 spiro atoms. The molecule has 1 N–H and O–H groups in total. The van der Waals surface area contributed by atoms with Crippen molar-refractivity contribution in [1.29, 1.82) is 0 Å². The molecule has 28 heavy (non-hydrogen) atoms. The first-order valence-electron chi connectivity index (χ1n) is 8.70. The minimum absolute atomic E-state index is 0.0171. The lowest BCUT2D eigenvalue weighted by molar-refractivity contribution is 0.370. The summed E-state index contributed by atoms with van der Waals surface area (Å²) < 4.78 is 31.9. The summed E-state index contributed by atoms with van der Waals surface area (Å²) in [6, 6.07) is 17.1. The molecule has 0 aliphatic carbocycles. The molecule has 0 atom stereocenters. The van der Waals surface area contributed by atoms with E-state index in [0.717, 1.165) is 27.4 Å². The summed E-state index contributed by atoms with van der Waals surface area (Å²) in [4.78, 5) is 4.27. The van der Waals surface area contributed by atoms with Crippen molar-refractivity contribution >= 4 is 27.0 Å². The predicted octanol–water partition coefficient (Wildman–Crippen LogP) is 3.52. The van der Waals surface area contributed by atoms with E-state index in [9.17, 15) is 8.42 Å². The van der Waals surface area contributed by atoms with Gasteiger partial charge in [0.25, 0.3) is 0 Å². The average molecular weight is 392 g/mol. The molecule has 0 saturated heterocycles. The van der Waals surface area contributed by atoms with Crippen LogP contribution in [-0.2, 0) is 10.0 Å². The monoisotopic (exact) mass is 392 g/mol. The Hall–Kier alpha value is -3.14. The number of benzene rings is 2. The van der Waals surface area contributed by atoms with Gasteiger partial charge in [-0.05, 0) is 36.8 Å². The van der Waals surface area contributed by atoms with Gasteiger partial charge in [-0.25, -0.2) is 8.42 Å². The molecule has 1 heterocycles. The van der Waals surface area contributed by atoms with E-state index in [2.05, 4.69) is 21.5 Å².